The highest BCUT2D eigenvalue weighted by molar-refractivity contribution is 6.30. The Labute approximate surface area is 199 Å². The summed E-state index contributed by atoms with van der Waals surface area (Å²) in [5, 5.41) is 0.632. The van der Waals surface area contributed by atoms with Crippen LogP contribution in [-0.2, 0) is 27.2 Å². The lowest BCUT2D eigenvalue weighted by Gasteiger charge is -2.40. The Kier molecular flexibility index (Phi) is 5.95. The van der Waals surface area contributed by atoms with Crippen LogP contribution in [0.5, 0.6) is 0 Å². The highest BCUT2D eigenvalue weighted by Crippen LogP contribution is 2.36. The Morgan fingerprint density at radius 1 is 1.15 bits per heavy atom. The van der Waals surface area contributed by atoms with Crippen LogP contribution in [-0.4, -0.2) is 84.0 Å². The third-order valence-electron chi connectivity index (χ3n) is 6.87. The zero-order valence-electron chi connectivity index (χ0n) is 19.5. The Morgan fingerprint density at radius 2 is 1.97 bits per heavy atom. The number of carbonyl (C=O) groups is 2. The topological polar surface area (TPSA) is 71.5 Å². The number of halogens is 1. The zero-order valence-corrected chi connectivity index (χ0v) is 20.3. The lowest BCUT2D eigenvalue weighted by molar-refractivity contribution is -0.0334. The first-order valence-corrected chi connectivity index (χ1v) is 12.1. The first-order chi connectivity index (χ1) is 15.7. The van der Waals surface area contributed by atoms with E-state index >= 15 is 0 Å². The second-order valence-electron chi connectivity index (χ2n) is 10.3. The van der Waals surface area contributed by atoms with E-state index in [4.69, 9.17) is 25.8 Å². The van der Waals surface area contributed by atoms with Gasteiger partial charge in [-0.3, -0.25) is 4.90 Å². The largest absolute Gasteiger partial charge is 0.444 e. The number of carbonyl (C=O) groups excluding carboxylic acids is 2. The fourth-order valence-corrected chi connectivity index (χ4v) is 5.58. The SMILES string of the molecule is CC(C)(C)OC(=O)N1CCOC[C@H]1c1cc(Cl)cc2c1CN(C(=O)N1C[C@H]3C[C@@H]1CO3)CC2. The molecule has 4 aliphatic heterocycles. The third kappa shape index (κ3) is 4.53. The molecule has 0 aliphatic carbocycles. The number of likely N-dealkylation sites (tertiary alicyclic amines) is 1. The van der Waals surface area contributed by atoms with E-state index in [9.17, 15) is 9.59 Å². The van der Waals surface area contributed by atoms with Gasteiger partial charge in [0.15, 0.2) is 0 Å². The van der Waals surface area contributed by atoms with Crippen LogP contribution in [0.3, 0.4) is 0 Å². The van der Waals surface area contributed by atoms with Crippen molar-refractivity contribution < 1.29 is 23.8 Å². The van der Waals surface area contributed by atoms with Gasteiger partial charge >= 0.3 is 12.1 Å². The van der Waals surface area contributed by atoms with Crippen LogP contribution in [0.1, 0.15) is 49.9 Å². The Hall–Kier alpha value is -2.03. The van der Waals surface area contributed by atoms with E-state index in [0.29, 0.717) is 51.0 Å². The van der Waals surface area contributed by atoms with Gasteiger partial charge in [-0.1, -0.05) is 11.6 Å². The molecule has 33 heavy (non-hydrogen) atoms. The molecule has 8 nitrogen and oxygen atoms in total. The summed E-state index contributed by atoms with van der Waals surface area (Å²) in [6.07, 6.45) is 1.47. The fourth-order valence-electron chi connectivity index (χ4n) is 5.33. The monoisotopic (exact) mass is 477 g/mol. The van der Waals surface area contributed by atoms with Crippen molar-refractivity contribution in [2.24, 2.45) is 0 Å². The predicted molar refractivity (Wildman–Crippen MR) is 122 cm³/mol. The number of morpholine rings is 2. The summed E-state index contributed by atoms with van der Waals surface area (Å²) in [5.41, 5.74) is 2.54. The average Bonchev–Trinajstić information content (AvgIpc) is 3.40. The van der Waals surface area contributed by atoms with Crippen LogP contribution in [0.15, 0.2) is 12.1 Å². The van der Waals surface area contributed by atoms with Crippen LogP contribution in [0, 0.1) is 0 Å². The first-order valence-electron chi connectivity index (χ1n) is 11.8. The second-order valence-corrected chi connectivity index (χ2v) is 10.8. The summed E-state index contributed by atoms with van der Waals surface area (Å²) in [5.74, 6) is 0. The highest BCUT2D eigenvalue weighted by Gasteiger charge is 2.43. The molecule has 0 unspecified atom stereocenters. The maximum absolute atomic E-state index is 13.3. The normalized spacial score (nSPS) is 27.0. The van der Waals surface area contributed by atoms with Crippen molar-refractivity contribution in [3.05, 3.63) is 33.8 Å². The number of urea groups is 1. The third-order valence-corrected chi connectivity index (χ3v) is 7.09. The maximum atomic E-state index is 13.3. The van der Waals surface area contributed by atoms with E-state index in [1.165, 1.54) is 0 Å². The number of nitrogens with zero attached hydrogens (tertiary/aromatic N) is 3. The van der Waals surface area contributed by atoms with Crippen molar-refractivity contribution >= 4 is 23.7 Å². The van der Waals surface area contributed by atoms with E-state index in [0.717, 1.165) is 29.5 Å². The van der Waals surface area contributed by atoms with E-state index in [2.05, 4.69) is 0 Å². The maximum Gasteiger partial charge on any atom is 0.410 e. The molecule has 1 aromatic carbocycles. The quantitative estimate of drug-likeness (QED) is 0.618. The van der Waals surface area contributed by atoms with Gasteiger partial charge in [0, 0.05) is 31.2 Å². The van der Waals surface area contributed by atoms with Gasteiger partial charge in [-0.15, -0.1) is 0 Å². The molecule has 4 aliphatic rings. The predicted octanol–water partition coefficient (Wildman–Crippen LogP) is 3.60. The van der Waals surface area contributed by atoms with Crippen molar-refractivity contribution in [2.45, 2.75) is 63.9 Å². The van der Waals surface area contributed by atoms with Gasteiger partial charge in [0.1, 0.15) is 5.60 Å². The molecule has 0 aromatic heterocycles. The van der Waals surface area contributed by atoms with E-state index in [1.807, 2.05) is 42.7 Å². The van der Waals surface area contributed by atoms with Crippen LogP contribution in [0.4, 0.5) is 9.59 Å². The molecule has 5 rings (SSSR count). The number of hydrogen-bond acceptors (Lipinski definition) is 5. The minimum atomic E-state index is -0.588. The van der Waals surface area contributed by atoms with Gasteiger partial charge in [-0.25, -0.2) is 9.59 Å². The number of hydrogen-bond donors (Lipinski definition) is 0. The van der Waals surface area contributed by atoms with Crippen molar-refractivity contribution in [3.63, 3.8) is 0 Å². The number of ether oxygens (including phenoxy) is 3. The molecule has 3 saturated heterocycles. The Balaban J connectivity index is 1.41. The highest BCUT2D eigenvalue weighted by atomic mass is 35.5. The van der Waals surface area contributed by atoms with Gasteiger partial charge < -0.3 is 24.0 Å². The van der Waals surface area contributed by atoms with Crippen molar-refractivity contribution in [1.29, 1.82) is 0 Å². The van der Waals surface area contributed by atoms with Crippen LogP contribution in [0.25, 0.3) is 0 Å². The number of benzene rings is 1. The molecule has 180 valence electrons. The lowest BCUT2D eigenvalue weighted by Crippen LogP contribution is -2.50. The molecule has 3 amide bonds. The molecule has 0 N–H and O–H groups in total. The van der Waals surface area contributed by atoms with Crippen molar-refractivity contribution in [2.75, 3.05) is 39.5 Å². The first kappa shape index (κ1) is 22.7. The van der Waals surface area contributed by atoms with Gasteiger partial charge in [-0.2, -0.15) is 0 Å². The summed E-state index contributed by atoms with van der Waals surface area (Å²) >= 11 is 6.50. The molecule has 0 radical (unpaired) electrons. The standard InChI is InChI=1S/C24H32ClN3O5/c1-24(2,3)33-23(30)27-6-7-31-14-21(27)19-9-16(25)8-15-4-5-26(12-20(15)19)22(29)28-11-18-10-17(28)13-32-18/h8-9,17-18,21H,4-7,10-14H2,1-3H3/t17-,18-,21+/m1/s1. The number of fused-ring (bicyclic) bond motifs is 3. The zero-order chi connectivity index (χ0) is 23.3. The van der Waals surface area contributed by atoms with E-state index in [1.54, 1.807) is 4.90 Å². The molecule has 4 heterocycles. The number of rotatable bonds is 1. The van der Waals surface area contributed by atoms with Gasteiger partial charge in [0.05, 0.1) is 38.0 Å². The van der Waals surface area contributed by atoms with E-state index in [-0.39, 0.29) is 30.3 Å². The molecule has 0 spiro atoms. The lowest BCUT2D eigenvalue weighted by atomic mass is 9.90. The molecule has 3 atom stereocenters. The minimum Gasteiger partial charge on any atom is -0.444 e. The summed E-state index contributed by atoms with van der Waals surface area (Å²) in [4.78, 5) is 32.0. The molecular weight excluding hydrogens is 446 g/mol. The summed E-state index contributed by atoms with van der Waals surface area (Å²) in [7, 11) is 0. The Morgan fingerprint density at radius 3 is 2.67 bits per heavy atom. The smallest absolute Gasteiger partial charge is 0.410 e. The van der Waals surface area contributed by atoms with Gasteiger partial charge in [-0.05, 0) is 62.4 Å². The summed E-state index contributed by atoms with van der Waals surface area (Å²) in [6.45, 7) is 9.31. The van der Waals surface area contributed by atoms with E-state index < -0.39 is 5.60 Å². The summed E-state index contributed by atoms with van der Waals surface area (Å²) in [6, 6.07) is 3.84. The van der Waals surface area contributed by atoms with Crippen LogP contribution >= 0.6 is 11.6 Å². The Bertz CT molecular complexity index is 949. The van der Waals surface area contributed by atoms with Crippen LogP contribution in [0.2, 0.25) is 5.02 Å². The van der Waals surface area contributed by atoms with Gasteiger partial charge in [0.2, 0.25) is 0 Å². The number of amides is 3. The fraction of sp³-hybridized carbons (Fsp3) is 0.667. The molecular formula is C24H32ClN3O5. The van der Waals surface area contributed by atoms with Gasteiger partial charge in [0.25, 0.3) is 0 Å². The minimum absolute atomic E-state index is 0.0706. The molecule has 1 aromatic rings. The molecule has 2 bridgehead atoms. The molecule has 3 fully saturated rings. The average molecular weight is 478 g/mol. The second kappa shape index (κ2) is 8.64. The molecule has 0 saturated carbocycles. The molecule has 9 heteroatoms. The van der Waals surface area contributed by atoms with Crippen molar-refractivity contribution in [1.82, 2.24) is 14.7 Å². The summed E-state index contributed by atoms with van der Waals surface area (Å²) < 4.78 is 17.1. The van der Waals surface area contributed by atoms with Crippen molar-refractivity contribution in [3.8, 4) is 0 Å². The van der Waals surface area contributed by atoms with Crippen LogP contribution < -0.4 is 0 Å².